The van der Waals surface area contributed by atoms with Gasteiger partial charge in [-0.05, 0) is 64.8 Å². The zero-order chi connectivity index (χ0) is 26.3. The topological polar surface area (TPSA) is 11.3 Å². The maximum Gasteiger partial charge on any atom is 0.394 e. The lowest BCUT2D eigenvalue weighted by atomic mass is 10.1. The summed E-state index contributed by atoms with van der Waals surface area (Å²) in [5, 5.41) is 1.72. The van der Waals surface area contributed by atoms with Crippen molar-refractivity contribution in [3.8, 4) is 0 Å². The van der Waals surface area contributed by atoms with Gasteiger partial charge in [0, 0.05) is 43.1 Å². The van der Waals surface area contributed by atoms with Gasteiger partial charge in [0.2, 0.25) is 0 Å². The van der Waals surface area contributed by atoms with Crippen molar-refractivity contribution in [2.24, 2.45) is 0 Å². The molecule has 1 aliphatic heterocycles. The first kappa shape index (κ1) is 25.6. The van der Waals surface area contributed by atoms with Crippen LogP contribution in [0.1, 0.15) is 16.7 Å². The van der Waals surface area contributed by atoms with Gasteiger partial charge in [0.05, 0.1) is 12.1 Å². The zero-order valence-corrected chi connectivity index (χ0v) is 23.5. The second-order valence-electron chi connectivity index (χ2n) is 8.85. The van der Waals surface area contributed by atoms with Gasteiger partial charge in [0.1, 0.15) is 0 Å². The van der Waals surface area contributed by atoms with Crippen molar-refractivity contribution in [2.75, 3.05) is 0 Å². The molecule has 4 heteroatoms. The number of allylic oxidation sites excluding steroid dienone is 3. The molecule has 0 atom stereocenters. The highest BCUT2D eigenvalue weighted by Gasteiger charge is 2.20. The molecule has 188 valence electrons. The molecule has 0 fully saturated rings. The molecule has 0 bridgehead atoms. The van der Waals surface area contributed by atoms with Crippen LogP contribution in [0.4, 0.5) is 0 Å². The van der Waals surface area contributed by atoms with Crippen molar-refractivity contribution < 1.29 is 4.42 Å². The Kier molecular flexibility index (Phi) is 8.15. The van der Waals surface area contributed by atoms with Crippen molar-refractivity contribution in [2.45, 2.75) is 20.0 Å². The van der Waals surface area contributed by atoms with Gasteiger partial charge in [-0.2, -0.15) is 4.42 Å². The second-order valence-corrected chi connectivity index (χ2v) is 12.1. The molecule has 1 nitrogen and oxygen atoms in total. The molecule has 0 saturated carbocycles. The Bertz CT molecular complexity index is 1530. The molecule has 0 spiro atoms. The lowest BCUT2D eigenvalue weighted by Gasteiger charge is -2.17. The molecule has 1 aliphatic rings. The first-order valence-corrected chi connectivity index (χ1v) is 15.1. The fourth-order valence-electron chi connectivity index (χ4n) is 4.15. The molecule has 39 heavy (non-hydrogen) atoms. The zero-order valence-electron chi connectivity index (χ0n) is 21.1. The van der Waals surface area contributed by atoms with Crippen LogP contribution in [0.2, 0.25) is 0 Å². The smallest absolute Gasteiger partial charge is 0.192 e. The van der Waals surface area contributed by atoms with Gasteiger partial charge < -0.3 is 0 Å². The molecular formula is C35H25OS3+. The Morgan fingerprint density at radius 2 is 0.923 bits per heavy atom. The van der Waals surface area contributed by atoms with Crippen molar-refractivity contribution in [3.63, 3.8) is 0 Å². The van der Waals surface area contributed by atoms with Gasteiger partial charge in [-0.15, -0.1) is 0 Å². The van der Waals surface area contributed by atoms with E-state index in [2.05, 4.69) is 140 Å². The highest BCUT2D eigenvalue weighted by Crippen LogP contribution is 2.44. The van der Waals surface area contributed by atoms with Crippen molar-refractivity contribution in [3.05, 3.63) is 168 Å². The third kappa shape index (κ3) is 6.85. The summed E-state index contributed by atoms with van der Waals surface area (Å²) in [6.45, 7) is 0. The lowest BCUT2D eigenvalue weighted by Crippen LogP contribution is -1.91. The lowest BCUT2D eigenvalue weighted by molar-refractivity contribution is 0.373. The summed E-state index contributed by atoms with van der Waals surface area (Å²) in [7, 11) is 0. The third-order valence-electron chi connectivity index (χ3n) is 5.96. The van der Waals surface area contributed by atoms with E-state index in [0.29, 0.717) is 0 Å². The molecule has 0 saturated heterocycles. The normalized spacial score (nSPS) is 13.0. The van der Waals surface area contributed by atoms with Crippen LogP contribution in [0.5, 0.6) is 0 Å². The minimum Gasteiger partial charge on any atom is -0.192 e. The Hall–Kier alpha value is -3.70. The summed E-state index contributed by atoms with van der Waals surface area (Å²) in [6, 6.07) is 46.2. The van der Waals surface area contributed by atoms with Gasteiger partial charge in [-0.1, -0.05) is 109 Å². The number of hydrogen-bond acceptors (Lipinski definition) is 3. The minimum atomic E-state index is 0.860. The van der Waals surface area contributed by atoms with E-state index in [-0.39, 0.29) is 0 Å². The van der Waals surface area contributed by atoms with E-state index in [0.717, 1.165) is 31.1 Å². The molecule has 6 rings (SSSR count). The molecule has 1 aromatic heterocycles. The monoisotopic (exact) mass is 557 g/mol. The number of hydrogen-bond donors (Lipinski definition) is 0. The van der Waals surface area contributed by atoms with Crippen molar-refractivity contribution in [1.29, 1.82) is 0 Å². The highest BCUT2D eigenvalue weighted by molar-refractivity contribution is 8.16. The van der Waals surface area contributed by atoms with Gasteiger partial charge in [0.15, 0.2) is 0 Å². The van der Waals surface area contributed by atoms with Crippen LogP contribution in [0, 0.1) is 0 Å². The third-order valence-corrected chi connectivity index (χ3v) is 8.93. The van der Waals surface area contributed by atoms with Gasteiger partial charge >= 0.3 is 10.2 Å². The Labute approximate surface area is 242 Å². The summed E-state index contributed by atoms with van der Waals surface area (Å²) in [5.41, 5.74) is 4.70. The van der Waals surface area contributed by atoms with Crippen molar-refractivity contribution >= 4 is 51.2 Å². The molecule has 5 aromatic rings. The van der Waals surface area contributed by atoms with E-state index < -0.39 is 0 Å². The molecule has 0 aliphatic carbocycles. The first-order chi connectivity index (χ1) is 19.3. The quantitative estimate of drug-likeness (QED) is 0.184. The molecule has 0 unspecified atom stereocenters. The van der Waals surface area contributed by atoms with Crippen LogP contribution >= 0.6 is 35.3 Å². The Morgan fingerprint density at radius 3 is 1.36 bits per heavy atom. The van der Waals surface area contributed by atoms with Crippen LogP contribution in [0.15, 0.2) is 176 Å². The Balaban J connectivity index is 1.42. The van der Waals surface area contributed by atoms with E-state index in [4.69, 9.17) is 4.42 Å². The predicted octanol–water partition coefficient (Wildman–Crippen LogP) is 11.1. The van der Waals surface area contributed by atoms with E-state index in [9.17, 15) is 0 Å². The van der Waals surface area contributed by atoms with Gasteiger partial charge in [0.25, 0.3) is 0 Å². The molecule has 4 aromatic carbocycles. The summed E-state index contributed by atoms with van der Waals surface area (Å²) < 4.78 is 6.36. The molecule has 0 N–H and O–H groups in total. The SMILES string of the molecule is C(=C1C=C(c2ccccc2)SC(c2ccccc2)=C1)c1cc(Sc2ccccc2)[o+]c(Sc2ccccc2)c1. The highest BCUT2D eigenvalue weighted by atomic mass is 32.2. The average Bonchev–Trinajstić information content (AvgIpc) is 2.99. The predicted molar refractivity (Wildman–Crippen MR) is 169 cm³/mol. The molecule has 0 amide bonds. The minimum absolute atomic E-state index is 0.860. The standard InChI is InChI=1S/C35H25OS3/c1-5-13-28(14-6-1)32-22-26(23-33(39-32)29-15-7-2-8-16-29)21-27-24-34(37-30-17-9-3-10-18-30)36-35(25-27)38-31-19-11-4-12-20-31/h1-25H/q+1. The maximum atomic E-state index is 6.36. The number of rotatable bonds is 7. The van der Waals surface area contributed by atoms with E-state index in [1.807, 2.05) is 23.9 Å². The molecule has 0 radical (unpaired) electrons. The van der Waals surface area contributed by atoms with Gasteiger partial charge in [-0.3, -0.25) is 0 Å². The maximum absolute atomic E-state index is 6.36. The van der Waals surface area contributed by atoms with Crippen LogP contribution < -0.4 is 0 Å². The van der Waals surface area contributed by atoms with Crippen LogP contribution in [-0.4, -0.2) is 0 Å². The van der Waals surface area contributed by atoms with Crippen LogP contribution in [-0.2, 0) is 0 Å². The average molecular weight is 558 g/mol. The molecule has 2 heterocycles. The van der Waals surface area contributed by atoms with Crippen molar-refractivity contribution in [1.82, 2.24) is 0 Å². The summed E-state index contributed by atoms with van der Waals surface area (Å²) in [6.07, 6.45) is 6.82. The Morgan fingerprint density at radius 1 is 0.513 bits per heavy atom. The number of thioether (sulfide) groups is 1. The number of benzene rings is 4. The summed E-state index contributed by atoms with van der Waals surface area (Å²) >= 11 is 5.09. The fourth-order valence-corrected chi connectivity index (χ4v) is 7.04. The van der Waals surface area contributed by atoms with E-state index in [1.54, 1.807) is 23.5 Å². The molecular weight excluding hydrogens is 533 g/mol. The van der Waals surface area contributed by atoms with Crippen LogP contribution in [0.25, 0.3) is 15.9 Å². The second kappa shape index (κ2) is 12.4. The largest absolute Gasteiger partial charge is 0.394 e. The van der Waals surface area contributed by atoms with Gasteiger partial charge in [-0.25, -0.2) is 0 Å². The summed E-state index contributed by atoms with van der Waals surface area (Å²) in [5.74, 6) is 0. The van der Waals surface area contributed by atoms with Crippen LogP contribution in [0.3, 0.4) is 0 Å². The first-order valence-electron chi connectivity index (χ1n) is 12.7. The van der Waals surface area contributed by atoms with E-state index >= 15 is 0 Å². The van der Waals surface area contributed by atoms with E-state index in [1.165, 1.54) is 20.9 Å². The summed E-state index contributed by atoms with van der Waals surface area (Å²) in [4.78, 5) is 4.77. The fraction of sp³-hybridized carbons (Fsp3) is 0.